The summed E-state index contributed by atoms with van der Waals surface area (Å²) in [5.74, 6) is 0. The van der Waals surface area contributed by atoms with E-state index < -0.39 is 14.8 Å². The highest BCUT2D eigenvalue weighted by atomic mass is 79.9. The van der Waals surface area contributed by atoms with Crippen molar-refractivity contribution in [3.8, 4) is 0 Å². The van der Waals surface area contributed by atoms with Gasteiger partial charge in [-0.1, -0.05) is 0 Å². The fraction of sp³-hybridized carbons (Fsp3) is 0.625. The summed E-state index contributed by atoms with van der Waals surface area (Å²) < 4.78 is 30.5. The Labute approximate surface area is 101 Å². The molecule has 1 aliphatic carbocycles. The lowest BCUT2D eigenvalue weighted by Gasteiger charge is -2.10. The van der Waals surface area contributed by atoms with Gasteiger partial charge in [-0.05, 0) is 47.2 Å². The Morgan fingerprint density at radius 1 is 1.67 bits per heavy atom. The number of hydrogen-bond donors (Lipinski definition) is 1. The fourth-order valence-corrected chi connectivity index (χ4v) is 3.72. The quantitative estimate of drug-likeness (QED) is 0.923. The third kappa shape index (κ3) is 2.25. The lowest BCUT2D eigenvalue weighted by molar-refractivity contribution is 0.567. The van der Waals surface area contributed by atoms with Crippen LogP contribution < -0.4 is 4.72 Å². The van der Waals surface area contributed by atoms with Crippen LogP contribution in [-0.2, 0) is 16.6 Å². The molecule has 7 heteroatoms. The molecule has 1 saturated carbocycles. The molecule has 1 aromatic heterocycles. The average Bonchev–Trinajstić information content (AvgIpc) is 2.78. The van der Waals surface area contributed by atoms with Gasteiger partial charge in [0.2, 0.25) is 10.0 Å². The molecule has 1 N–H and O–H groups in total. The van der Waals surface area contributed by atoms with E-state index in [0.29, 0.717) is 6.54 Å². The predicted octanol–water partition coefficient (Wildman–Crippen LogP) is 1.88. The minimum Gasteiger partial charge on any atom is -0.212 e. The van der Waals surface area contributed by atoms with Gasteiger partial charge in [0.1, 0.15) is 0 Å². The summed E-state index contributed by atoms with van der Waals surface area (Å²) in [7, 11) is -3.17. The smallest absolute Gasteiger partial charge is 0.212 e. The number of nitrogens with zero attached hydrogens (tertiary/aromatic N) is 1. The van der Waals surface area contributed by atoms with E-state index in [-0.39, 0.29) is 0 Å². The maximum atomic E-state index is 11.8. The molecular formula is C8H11BrN2O2S2. The number of halogens is 1. The Balaban J connectivity index is 2.03. The third-order valence-corrected chi connectivity index (χ3v) is 6.59. The highest BCUT2D eigenvalue weighted by molar-refractivity contribution is 9.10. The van der Waals surface area contributed by atoms with Crippen LogP contribution in [-0.4, -0.2) is 17.5 Å². The van der Waals surface area contributed by atoms with Gasteiger partial charge >= 0.3 is 0 Å². The van der Waals surface area contributed by atoms with E-state index >= 15 is 0 Å². The first-order chi connectivity index (χ1) is 6.95. The van der Waals surface area contributed by atoms with Crippen molar-refractivity contribution in [3.05, 3.63) is 15.5 Å². The molecule has 0 aliphatic heterocycles. The zero-order chi connectivity index (χ0) is 11.1. The van der Waals surface area contributed by atoms with Crippen LogP contribution in [0.5, 0.6) is 0 Å². The van der Waals surface area contributed by atoms with Crippen LogP contribution in [0, 0.1) is 0 Å². The molecule has 0 amide bonds. The minimum absolute atomic E-state index is 0.323. The van der Waals surface area contributed by atoms with Gasteiger partial charge in [0.25, 0.3) is 0 Å². The van der Waals surface area contributed by atoms with Crippen LogP contribution in [0.15, 0.2) is 10.7 Å². The average molecular weight is 311 g/mol. The van der Waals surface area contributed by atoms with E-state index in [4.69, 9.17) is 0 Å². The maximum Gasteiger partial charge on any atom is 0.217 e. The number of aromatic nitrogens is 1. The summed E-state index contributed by atoms with van der Waals surface area (Å²) >= 11 is 4.61. The fourth-order valence-electron chi connectivity index (χ4n) is 1.15. The number of sulfonamides is 1. The van der Waals surface area contributed by atoms with E-state index in [1.165, 1.54) is 11.5 Å². The standard InChI is InChI=1S/C8H11BrN2O2S2/c1-8(2-3-8)15(12,13)11-5-7-6(9)4-10-14-7/h4,11H,2-3,5H2,1H3. The van der Waals surface area contributed by atoms with Crippen LogP contribution in [0.25, 0.3) is 0 Å². The lowest BCUT2D eigenvalue weighted by atomic mass is 10.5. The Morgan fingerprint density at radius 2 is 2.33 bits per heavy atom. The largest absolute Gasteiger partial charge is 0.217 e. The van der Waals surface area contributed by atoms with Crippen molar-refractivity contribution >= 4 is 37.5 Å². The Hall–Kier alpha value is 0.0200. The molecule has 0 radical (unpaired) electrons. The van der Waals surface area contributed by atoms with Gasteiger partial charge in [-0.25, -0.2) is 13.1 Å². The van der Waals surface area contributed by atoms with Crippen LogP contribution in [0.4, 0.5) is 0 Å². The van der Waals surface area contributed by atoms with Crippen molar-refractivity contribution in [3.63, 3.8) is 0 Å². The summed E-state index contributed by atoms with van der Waals surface area (Å²) in [5.41, 5.74) is 0. The molecular weight excluding hydrogens is 300 g/mol. The SMILES string of the molecule is CC1(S(=O)(=O)NCc2sncc2Br)CC1. The predicted molar refractivity (Wildman–Crippen MR) is 63.2 cm³/mol. The minimum atomic E-state index is -3.17. The Morgan fingerprint density at radius 3 is 2.80 bits per heavy atom. The van der Waals surface area contributed by atoms with E-state index in [1.807, 2.05) is 0 Å². The first-order valence-electron chi connectivity index (χ1n) is 4.53. The first kappa shape index (κ1) is 11.5. The normalized spacial score (nSPS) is 19.1. The van der Waals surface area contributed by atoms with E-state index in [9.17, 15) is 8.42 Å². The second-order valence-corrected chi connectivity index (χ2v) is 7.89. The van der Waals surface area contributed by atoms with Gasteiger partial charge in [-0.2, -0.15) is 4.37 Å². The summed E-state index contributed by atoms with van der Waals surface area (Å²) in [5, 5.41) is 0. The second kappa shape index (κ2) is 3.80. The van der Waals surface area contributed by atoms with Crippen molar-refractivity contribution in [2.24, 2.45) is 0 Å². The Bertz CT molecular complexity index is 465. The summed E-state index contributed by atoms with van der Waals surface area (Å²) in [6.45, 7) is 2.10. The van der Waals surface area contributed by atoms with Crippen molar-refractivity contribution in [2.45, 2.75) is 31.1 Å². The molecule has 1 heterocycles. The van der Waals surface area contributed by atoms with Gasteiger partial charge < -0.3 is 0 Å². The summed E-state index contributed by atoms with van der Waals surface area (Å²) in [6.07, 6.45) is 3.19. The molecule has 15 heavy (non-hydrogen) atoms. The molecule has 2 rings (SSSR count). The number of rotatable bonds is 4. The van der Waals surface area contributed by atoms with Gasteiger partial charge in [0, 0.05) is 6.54 Å². The molecule has 0 unspecified atom stereocenters. The maximum absolute atomic E-state index is 11.8. The number of hydrogen-bond acceptors (Lipinski definition) is 4. The molecule has 0 bridgehead atoms. The summed E-state index contributed by atoms with van der Waals surface area (Å²) in [6, 6.07) is 0. The van der Waals surface area contributed by atoms with Gasteiger partial charge in [0.05, 0.1) is 20.3 Å². The van der Waals surface area contributed by atoms with Gasteiger partial charge in [-0.15, -0.1) is 0 Å². The zero-order valence-electron chi connectivity index (χ0n) is 8.16. The van der Waals surface area contributed by atoms with Gasteiger partial charge in [0.15, 0.2) is 0 Å². The highest BCUT2D eigenvalue weighted by Gasteiger charge is 2.49. The van der Waals surface area contributed by atoms with Crippen LogP contribution in [0.1, 0.15) is 24.6 Å². The van der Waals surface area contributed by atoms with Crippen molar-refractivity contribution in [2.75, 3.05) is 0 Å². The van der Waals surface area contributed by atoms with E-state index in [0.717, 1.165) is 22.2 Å². The zero-order valence-corrected chi connectivity index (χ0v) is 11.4. The monoisotopic (exact) mass is 310 g/mol. The molecule has 0 saturated heterocycles. The topological polar surface area (TPSA) is 59.1 Å². The Kier molecular flexibility index (Phi) is 2.91. The van der Waals surface area contributed by atoms with E-state index in [2.05, 4.69) is 25.0 Å². The number of nitrogens with one attached hydrogen (secondary N) is 1. The molecule has 1 aromatic rings. The molecule has 4 nitrogen and oxygen atoms in total. The molecule has 0 atom stereocenters. The molecule has 0 aromatic carbocycles. The third-order valence-electron chi connectivity index (χ3n) is 2.62. The van der Waals surface area contributed by atoms with E-state index in [1.54, 1.807) is 13.1 Å². The van der Waals surface area contributed by atoms with Crippen LogP contribution >= 0.6 is 27.5 Å². The summed E-state index contributed by atoms with van der Waals surface area (Å²) in [4.78, 5) is 0.905. The molecule has 1 aliphatic rings. The molecule has 1 fully saturated rings. The first-order valence-corrected chi connectivity index (χ1v) is 7.58. The van der Waals surface area contributed by atoms with Crippen LogP contribution in [0.2, 0.25) is 0 Å². The highest BCUT2D eigenvalue weighted by Crippen LogP contribution is 2.42. The molecule has 84 valence electrons. The van der Waals surface area contributed by atoms with Crippen molar-refractivity contribution in [1.82, 2.24) is 9.10 Å². The lowest BCUT2D eigenvalue weighted by Crippen LogP contribution is -2.33. The van der Waals surface area contributed by atoms with Crippen LogP contribution in [0.3, 0.4) is 0 Å². The van der Waals surface area contributed by atoms with Crippen molar-refractivity contribution < 1.29 is 8.42 Å². The van der Waals surface area contributed by atoms with Gasteiger partial charge in [-0.3, -0.25) is 0 Å². The van der Waals surface area contributed by atoms with Crippen molar-refractivity contribution in [1.29, 1.82) is 0 Å². The second-order valence-electron chi connectivity index (χ2n) is 3.87. The molecule has 0 spiro atoms.